The SMILES string of the molecule is C/C=N\C(C)(C)CCC(C)C. The van der Waals surface area contributed by atoms with Crippen LogP contribution in [0.1, 0.15) is 47.5 Å². The topological polar surface area (TPSA) is 12.4 Å². The molecule has 0 aliphatic rings. The second-order valence-electron chi connectivity index (χ2n) is 4.13. The van der Waals surface area contributed by atoms with E-state index in [0.717, 1.165) is 5.92 Å². The van der Waals surface area contributed by atoms with Gasteiger partial charge in [0.2, 0.25) is 0 Å². The maximum absolute atomic E-state index is 4.40. The third kappa shape index (κ3) is 6.08. The van der Waals surface area contributed by atoms with E-state index in [1.165, 1.54) is 12.8 Å². The van der Waals surface area contributed by atoms with Gasteiger partial charge in [-0.05, 0) is 45.7 Å². The predicted molar refractivity (Wildman–Crippen MR) is 52.3 cm³/mol. The fourth-order valence-electron chi connectivity index (χ4n) is 1.06. The van der Waals surface area contributed by atoms with E-state index in [9.17, 15) is 0 Å². The fraction of sp³-hybridized carbons (Fsp3) is 0.900. The Morgan fingerprint density at radius 2 is 1.91 bits per heavy atom. The number of nitrogens with zero attached hydrogens (tertiary/aromatic N) is 1. The van der Waals surface area contributed by atoms with Crippen LogP contribution >= 0.6 is 0 Å². The highest BCUT2D eigenvalue weighted by Crippen LogP contribution is 2.19. The van der Waals surface area contributed by atoms with Crippen LogP contribution in [0.15, 0.2) is 4.99 Å². The fourth-order valence-corrected chi connectivity index (χ4v) is 1.06. The lowest BCUT2D eigenvalue weighted by atomic mass is 9.95. The van der Waals surface area contributed by atoms with Crippen LogP contribution in [-0.4, -0.2) is 11.8 Å². The van der Waals surface area contributed by atoms with Crippen LogP contribution in [0, 0.1) is 5.92 Å². The van der Waals surface area contributed by atoms with Crippen molar-refractivity contribution in [3.8, 4) is 0 Å². The molecule has 0 aromatic rings. The van der Waals surface area contributed by atoms with Gasteiger partial charge in [-0.15, -0.1) is 0 Å². The van der Waals surface area contributed by atoms with E-state index < -0.39 is 0 Å². The minimum Gasteiger partial charge on any atom is -0.292 e. The monoisotopic (exact) mass is 155 g/mol. The first kappa shape index (κ1) is 10.7. The summed E-state index contributed by atoms with van der Waals surface area (Å²) in [5, 5.41) is 0. The van der Waals surface area contributed by atoms with Crippen LogP contribution in [0.5, 0.6) is 0 Å². The zero-order valence-electron chi connectivity index (χ0n) is 8.52. The molecular formula is C10H21N. The van der Waals surface area contributed by atoms with Crippen molar-refractivity contribution in [2.75, 3.05) is 0 Å². The normalized spacial score (nSPS) is 13.3. The number of hydrogen-bond donors (Lipinski definition) is 0. The lowest BCUT2D eigenvalue weighted by molar-refractivity contribution is 0.418. The highest BCUT2D eigenvalue weighted by molar-refractivity contribution is 5.53. The molecule has 0 fully saturated rings. The first-order chi connectivity index (χ1) is 4.98. The summed E-state index contributed by atoms with van der Waals surface area (Å²) in [4.78, 5) is 4.40. The van der Waals surface area contributed by atoms with Gasteiger partial charge in [-0.2, -0.15) is 0 Å². The predicted octanol–water partition coefficient (Wildman–Crippen LogP) is 3.29. The van der Waals surface area contributed by atoms with Crippen molar-refractivity contribution in [1.29, 1.82) is 0 Å². The van der Waals surface area contributed by atoms with Crippen LogP contribution in [0.3, 0.4) is 0 Å². The van der Waals surface area contributed by atoms with E-state index in [1.54, 1.807) is 0 Å². The first-order valence-electron chi connectivity index (χ1n) is 4.48. The van der Waals surface area contributed by atoms with Crippen molar-refractivity contribution in [3.05, 3.63) is 0 Å². The smallest absolute Gasteiger partial charge is 0.0548 e. The molecule has 0 bridgehead atoms. The van der Waals surface area contributed by atoms with Crippen LogP contribution in [0.25, 0.3) is 0 Å². The Balaban J connectivity index is 3.72. The Bertz CT molecular complexity index is 123. The van der Waals surface area contributed by atoms with Gasteiger partial charge in [0.05, 0.1) is 5.54 Å². The number of hydrogen-bond acceptors (Lipinski definition) is 1. The summed E-state index contributed by atoms with van der Waals surface area (Å²) in [6, 6.07) is 0. The van der Waals surface area contributed by atoms with E-state index in [4.69, 9.17) is 0 Å². The van der Waals surface area contributed by atoms with E-state index in [-0.39, 0.29) is 5.54 Å². The summed E-state index contributed by atoms with van der Waals surface area (Å²) in [5.74, 6) is 0.793. The van der Waals surface area contributed by atoms with Crippen molar-refractivity contribution < 1.29 is 0 Å². The molecule has 0 radical (unpaired) electrons. The Morgan fingerprint density at radius 3 is 2.27 bits per heavy atom. The molecule has 0 N–H and O–H groups in total. The molecule has 0 aliphatic carbocycles. The summed E-state index contributed by atoms with van der Waals surface area (Å²) in [6.45, 7) is 10.9. The molecule has 0 saturated heterocycles. The van der Waals surface area contributed by atoms with E-state index in [2.05, 4.69) is 32.7 Å². The molecule has 0 aromatic carbocycles. The third-order valence-corrected chi connectivity index (χ3v) is 1.81. The van der Waals surface area contributed by atoms with Crippen LogP contribution in [-0.2, 0) is 0 Å². The second kappa shape index (κ2) is 4.53. The van der Waals surface area contributed by atoms with E-state index in [0.29, 0.717) is 0 Å². The van der Waals surface area contributed by atoms with Crippen molar-refractivity contribution >= 4 is 6.21 Å². The average Bonchev–Trinajstić information content (AvgIpc) is 1.84. The molecule has 0 aromatic heterocycles. The molecule has 0 spiro atoms. The molecular weight excluding hydrogens is 134 g/mol. The van der Waals surface area contributed by atoms with Crippen molar-refractivity contribution in [1.82, 2.24) is 0 Å². The standard InChI is InChI=1S/C10H21N/c1-6-11-10(4,5)8-7-9(2)3/h6,9H,7-8H2,1-5H3/b11-6-. The molecule has 0 atom stereocenters. The van der Waals surface area contributed by atoms with Gasteiger partial charge in [-0.25, -0.2) is 0 Å². The first-order valence-corrected chi connectivity index (χ1v) is 4.48. The number of aliphatic imine (C=N–C) groups is 1. The van der Waals surface area contributed by atoms with Crippen LogP contribution < -0.4 is 0 Å². The average molecular weight is 155 g/mol. The molecule has 0 rings (SSSR count). The zero-order valence-corrected chi connectivity index (χ0v) is 8.52. The van der Waals surface area contributed by atoms with Gasteiger partial charge in [-0.3, -0.25) is 4.99 Å². The third-order valence-electron chi connectivity index (χ3n) is 1.81. The summed E-state index contributed by atoms with van der Waals surface area (Å²) < 4.78 is 0. The Morgan fingerprint density at radius 1 is 1.36 bits per heavy atom. The van der Waals surface area contributed by atoms with Gasteiger partial charge in [0, 0.05) is 0 Å². The zero-order chi connectivity index (χ0) is 8.91. The van der Waals surface area contributed by atoms with Gasteiger partial charge in [-0.1, -0.05) is 13.8 Å². The Hall–Kier alpha value is -0.330. The van der Waals surface area contributed by atoms with E-state index in [1.807, 2.05) is 13.1 Å². The quantitative estimate of drug-likeness (QED) is 0.552. The molecule has 66 valence electrons. The molecule has 1 nitrogen and oxygen atoms in total. The maximum atomic E-state index is 4.40. The highest BCUT2D eigenvalue weighted by atomic mass is 14.8. The summed E-state index contributed by atoms with van der Waals surface area (Å²) in [6.07, 6.45) is 4.36. The Kier molecular flexibility index (Phi) is 4.39. The molecule has 0 saturated carbocycles. The molecule has 0 aliphatic heterocycles. The largest absolute Gasteiger partial charge is 0.292 e. The maximum Gasteiger partial charge on any atom is 0.0548 e. The van der Waals surface area contributed by atoms with Gasteiger partial charge in [0.1, 0.15) is 0 Å². The summed E-state index contributed by atoms with van der Waals surface area (Å²) in [5.41, 5.74) is 0.152. The molecule has 0 heterocycles. The molecule has 1 heteroatoms. The minimum absolute atomic E-state index is 0.152. The van der Waals surface area contributed by atoms with Crippen molar-refractivity contribution in [2.45, 2.75) is 53.0 Å². The van der Waals surface area contributed by atoms with Crippen molar-refractivity contribution in [2.24, 2.45) is 10.9 Å². The van der Waals surface area contributed by atoms with E-state index >= 15 is 0 Å². The highest BCUT2D eigenvalue weighted by Gasteiger charge is 2.14. The van der Waals surface area contributed by atoms with Gasteiger partial charge < -0.3 is 0 Å². The van der Waals surface area contributed by atoms with Crippen molar-refractivity contribution in [3.63, 3.8) is 0 Å². The number of rotatable bonds is 4. The lowest BCUT2D eigenvalue weighted by Crippen LogP contribution is -2.17. The minimum atomic E-state index is 0.152. The lowest BCUT2D eigenvalue weighted by Gasteiger charge is -2.20. The summed E-state index contributed by atoms with van der Waals surface area (Å²) in [7, 11) is 0. The van der Waals surface area contributed by atoms with Gasteiger partial charge in [0.25, 0.3) is 0 Å². The van der Waals surface area contributed by atoms with Gasteiger partial charge >= 0.3 is 0 Å². The van der Waals surface area contributed by atoms with Crippen LogP contribution in [0.4, 0.5) is 0 Å². The molecule has 11 heavy (non-hydrogen) atoms. The van der Waals surface area contributed by atoms with Gasteiger partial charge in [0.15, 0.2) is 0 Å². The second-order valence-corrected chi connectivity index (χ2v) is 4.13. The van der Waals surface area contributed by atoms with Crippen LogP contribution in [0.2, 0.25) is 0 Å². The molecule has 0 amide bonds. The molecule has 0 unspecified atom stereocenters. The summed E-state index contributed by atoms with van der Waals surface area (Å²) >= 11 is 0. The Labute approximate surface area is 70.9 Å².